The molecule has 5 heteroatoms. The number of imidazole rings is 1. The lowest BCUT2D eigenvalue weighted by Gasteiger charge is -2.16. The van der Waals surface area contributed by atoms with Crippen LogP contribution in [0.3, 0.4) is 0 Å². The van der Waals surface area contributed by atoms with Crippen LogP contribution in [0.4, 0.5) is 5.69 Å². The van der Waals surface area contributed by atoms with Crippen LogP contribution in [0.15, 0.2) is 53.7 Å². The van der Waals surface area contributed by atoms with Crippen LogP contribution in [0.25, 0.3) is 11.0 Å². The lowest BCUT2D eigenvalue weighted by atomic mass is 10.2. The molecule has 0 aliphatic heterocycles. The number of aromatic nitrogens is 2. The van der Waals surface area contributed by atoms with E-state index in [4.69, 9.17) is 0 Å². The number of hydrogen-bond donors (Lipinski definition) is 1. The first kappa shape index (κ1) is 13.8. The summed E-state index contributed by atoms with van der Waals surface area (Å²) < 4.78 is 12.6. The van der Waals surface area contributed by atoms with Gasteiger partial charge in [0.1, 0.15) is 0 Å². The van der Waals surface area contributed by atoms with Gasteiger partial charge in [-0.25, -0.2) is 4.98 Å². The summed E-state index contributed by atoms with van der Waals surface area (Å²) in [5, 5.41) is 0.532. The number of hydrogen-bond acceptors (Lipinski definition) is 3. The number of aromatic amines is 1. The molecular formula is C16H17N3OS. The Kier molecular flexibility index (Phi) is 3.75. The zero-order valence-corrected chi connectivity index (χ0v) is 12.9. The molecule has 2 aromatic carbocycles. The Labute approximate surface area is 126 Å². The van der Waals surface area contributed by atoms with Crippen LogP contribution < -0.4 is 4.90 Å². The van der Waals surface area contributed by atoms with E-state index in [2.05, 4.69) is 9.97 Å². The average Bonchev–Trinajstić information content (AvgIpc) is 2.91. The SMILES string of the molecule is CN(C)c1ccccc1C[S@](=O)c1nc2ccccc2[nH]1. The largest absolute Gasteiger partial charge is 0.377 e. The molecule has 4 nitrogen and oxygen atoms in total. The third-order valence-electron chi connectivity index (χ3n) is 3.34. The van der Waals surface area contributed by atoms with Gasteiger partial charge in [0.2, 0.25) is 0 Å². The van der Waals surface area contributed by atoms with E-state index in [1.54, 1.807) is 0 Å². The highest BCUT2D eigenvalue weighted by Crippen LogP contribution is 2.22. The maximum Gasteiger partial charge on any atom is 0.197 e. The van der Waals surface area contributed by atoms with Crippen molar-refractivity contribution in [3.8, 4) is 0 Å². The monoisotopic (exact) mass is 299 g/mol. The maximum absolute atomic E-state index is 12.6. The lowest BCUT2D eigenvalue weighted by Crippen LogP contribution is -2.12. The fourth-order valence-electron chi connectivity index (χ4n) is 2.32. The predicted octanol–water partition coefficient (Wildman–Crippen LogP) is 2.94. The van der Waals surface area contributed by atoms with Crippen LogP contribution in [0.5, 0.6) is 0 Å². The summed E-state index contributed by atoms with van der Waals surface area (Å²) in [4.78, 5) is 9.59. The number of nitrogens with one attached hydrogen (secondary N) is 1. The standard InChI is InChI=1S/C16H17N3OS/c1-19(2)15-10-6-3-7-12(15)11-21(20)16-17-13-8-4-5-9-14(13)18-16/h3-10H,11H2,1-2H3,(H,17,18)/t21-/m0/s1. The number of benzene rings is 2. The van der Waals surface area contributed by atoms with Crippen LogP contribution >= 0.6 is 0 Å². The molecule has 3 aromatic rings. The average molecular weight is 299 g/mol. The highest BCUT2D eigenvalue weighted by atomic mass is 32.2. The van der Waals surface area contributed by atoms with Gasteiger partial charge < -0.3 is 9.88 Å². The summed E-state index contributed by atoms with van der Waals surface area (Å²) >= 11 is 0. The topological polar surface area (TPSA) is 49.0 Å². The molecule has 0 saturated heterocycles. The molecule has 3 rings (SSSR count). The predicted molar refractivity (Wildman–Crippen MR) is 87.0 cm³/mol. The molecule has 0 amide bonds. The van der Waals surface area contributed by atoms with Crippen LogP contribution in [0.1, 0.15) is 5.56 Å². The fourth-order valence-corrected chi connectivity index (χ4v) is 3.40. The van der Waals surface area contributed by atoms with Crippen LogP contribution in [0, 0.1) is 0 Å². The van der Waals surface area contributed by atoms with Gasteiger partial charge in [0.25, 0.3) is 0 Å². The minimum Gasteiger partial charge on any atom is -0.377 e. The molecule has 108 valence electrons. The first-order valence-corrected chi connectivity index (χ1v) is 8.05. The Morgan fingerprint density at radius 1 is 1.10 bits per heavy atom. The van der Waals surface area contributed by atoms with E-state index in [1.165, 1.54) is 0 Å². The van der Waals surface area contributed by atoms with Crippen molar-refractivity contribution in [3.63, 3.8) is 0 Å². The van der Waals surface area contributed by atoms with Crippen molar-refractivity contribution in [1.29, 1.82) is 0 Å². The van der Waals surface area contributed by atoms with Crippen molar-refractivity contribution in [1.82, 2.24) is 9.97 Å². The third kappa shape index (κ3) is 2.83. The van der Waals surface area contributed by atoms with E-state index in [9.17, 15) is 4.21 Å². The number of anilines is 1. The molecular weight excluding hydrogens is 282 g/mol. The molecule has 0 spiro atoms. The van der Waals surface area contributed by atoms with E-state index in [0.29, 0.717) is 10.9 Å². The van der Waals surface area contributed by atoms with E-state index >= 15 is 0 Å². The molecule has 0 saturated carbocycles. The van der Waals surface area contributed by atoms with Gasteiger partial charge >= 0.3 is 0 Å². The molecule has 1 atom stereocenters. The Morgan fingerprint density at radius 3 is 2.57 bits per heavy atom. The summed E-state index contributed by atoms with van der Waals surface area (Å²) in [5.41, 5.74) is 3.91. The number of rotatable bonds is 4. The Bertz CT molecular complexity index is 762. The second-order valence-corrected chi connectivity index (χ2v) is 6.44. The van der Waals surface area contributed by atoms with Crippen molar-refractivity contribution in [2.75, 3.05) is 19.0 Å². The normalized spacial score (nSPS) is 12.5. The zero-order valence-electron chi connectivity index (χ0n) is 12.0. The van der Waals surface area contributed by atoms with Crippen LogP contribution in [-0.2, 0) is 16.6 Å². The van der Waals surface area contributed by atoms with Gasteiger partial charge in [0.05, 0.1) is 27.6 Å². The smallest absolute Gasteiger partial charge is 0.197 e. The molecule has 1 N–H and O–H groups in total. The number of para-hydroxylation sites is 3. The van der Waals surface area contributed by atoms with Gasteiger partial charge in [0, 0.05) is 19.8 Å². The Morgan fingerprint density at radius 2 is 1.81 bits per heavy atom. The van der Waals surface area contributed by atoms with Crippen molar-refractivity contribution >= 4 is 27.5 Å². The van der Waals surface area contributed by atoms with Gasteiger partial charge in [-0.05, 0) is 23.8 Å². The third-order valence-corrected chi connectivity index (χ3v) is 4.54. The highest BCUT2D eigenvalue weighted by molar-refractivity contribution is 7.84. The summed E-state index contributed by atoms with van der Waals surface area (Å²) in [5.74, 6) is 0.453. The van der Waals surface area contributed by atoms with Crippen molar-refractivity contribution in [3.05, 3.63) is 54.1 Å². The molecule has 0 aliphatic rings. The second kappa shape index (κ2) is 5.69. The van der Waals surface area contributed by atoms with Crippen molar-refractivity contribution in [2.45, 2.75) is 10.9 Å². The van der Waals surface area contributed by atoms with Crippen LogP contribution in [-0.4, -0.2) is 28.3 Å². The summed E-state index contributed by atoms with van der Waals surface area (Å²) in [6.07, 6.45) is 0. The lowest BCUT2D eigenvalue weighted by molar-refractivity contribution is 0.677. The highest BCUT2D eigenvalue weighted by Gasteiger charge is 2.13. The maximum atomic E-state index is 12.6. The second-order valence-electron chi connectivity index (χ2n) is 5.07. The molecule has 0 bridgehead atoms. The number of nitrogens with zero attached hydrogens (tertiary/aromatic N) is 2. The molecule has 0 aliphatic carbocycles. The van der Waals surface area contributed by atoms with Gasteiger partial charge in [-0.1, -0.05) is 30.3 Å². The number of H-pyrrole nitrogens is 1. The molecule has 1 heterocycles. The van der Waals surface area contributed by atoms with Gasteiger partial charge in [0.15, 0.2) is 5.16 Å². The molecule has 0 fully saturated rings. The molecule has 1 aromatic heterocycles. The summed E-state index contributed by atoms with van der Waals surface area (Å²) in [6, 6.07) is 15.7. The molecule has 21 heavy (non-hydrogen) atoms. The van der Waals surface area contributed by atoms with Gasteiger partial charge in [-0.2, -0.15) is 0 Å². The Hall–Kier alpha value is -2.14. The number of fused-ring (bicyclic) bond motifs is 1. The van der Waals surface area contributed by atoms with E-state index in [1.807, 2.05) is 67.5 Å². The molecule has 0 unspecified atom stereocenters. The molecule has 0 radical (unpaired) electrons. The van der Waals surface area contributed by atoms with Crippen LogP contribution in [0.2, 0.25) is 0 Å². The van der Waals surface area contributed by atoms with E-state index < -0.39 is 10.8 Å². The van der Waals surface area contributed by atoms with Gasteiger partial charge in [-0.15, -0.1) is 0 Å². The van der Waals surface area contributed by atoms with E-state index in [0.717, 1.165) is 22.3 Å². The summed E-state index contributed by atoms with van der Waals surface area (Å²) in [6.45, 7) is 0. The van der Waals surface area contributed by atoms with Crippen molar-refractivity contribution in [2.24, 2.45) is 0 Å². The first-order chi connectivity index (χ1) is 10.1. The fraction of sp³-hybridized carbons (Fsp3) is 0.188. The quantitative estimate of drug-likeness (QED) is 0.806. The minimum atomic E-state index is -1.19. The van der Waals surface area contributed by atoms with E-state index in [-0.39, 0.29) is 0 Å². The summed E-state index contributed by atoms with van der Waals surface area (Å²) in [7, 11) is 2.79. The Balaban J connectivity index is 1.89. The van der Waals surface area contributed by atoms with Crippen molar-refractivity contribution < 1.29 is 4.21 Å². The van der Waals surface area contributed by atoms with Gasteiger partial charge in [-0.3, -0.25) is 4.21 Å². The minimum absolute atomic E-state index is 0.453. The zero-order chi connectivity index (χ0) is 14.8. The first-order valence-electron chi connectivity index (χ1n) is 6.73.